The van der Waals surface area contributed by atoms with Crippen LogP contribution in [-0.4, -0.2) is 16.6 Å². The second-order valence-electron chi connectivity index (χ2n) is 9.23. The predicted octanol–water partition coefficient (Wildman–Crippen LogP) is 7.77. The molecule has 0 radical (unpaired) electrons. The summed E-state index contributed by atoms with van der Waals surface area (Å²) in [6.45, 7) is 2.72. The Kier molecular flexibility index (Phi) is 5.00. The summed E-state index contributed by atoms with van der Waals surface area (Å²) >= 11 is 0. The summed E-state index contributed by atoms with van der Waals surface area (Å²) in [7, 11) is 0. The molecule has 178 valence electrons. The average Bonchev–Trinajstić information content (AvgIpc) is 3.58. The molecule has 5 heteroatoms. The highest BCUT2D eigenvalue weighted by Gasteiger charge is 2.20. The summed E-state index contributed by atoms with van der Waals surface area (Å²) in [5, 5.41) is 2.07. The molecule has 3 aromatic heterocycles. The third kappa shape index (κ3) is 3.72. The standard InChI is InChI=1S/C32H24N4O/c1-22-17-18-25-24-12-7-13-27(31(24)37-32(25)33-22)29-15-8-14-28(34-29)26-11-5-6-16-30(26)36-20-19-35(21-36)23-9-3-2-4-10-23/h2-20H,21H2,1H3. The van der Waals surface area contributed by atoms with Crippen molar-refractivity contribution in [1.82, 2.24) is 9.97 Å². The Morgan fingerprint density at radius 2 is 1.35 bits per heavy atom. The second-order valence-corrected chi connectivity index (χ2v) is 9.23. The normalized spacial score (nSPS) is 13.2. The quantitative estimate of drug-likeness (QED) is 0.258. The van der Waals surface area contributed by atoms with E-state index in [1.165, 1.54) is 5.69 Å². The zero-order valence-electron chi connectivity index (χ0n) is 20.4. The van der Waals surface area contributed by atoms with Crippen molar-refractivity contribution in [3.8, 4) is 22.5 Å². The molecule has 0 saturated carbocycles. The highest BCUT2D eigenvalue weighted by Crippen LogP contribution is 2.37. The lowest BCUT2D eigenvalue weighted by molar-refractivity contribution is 0.653. The highest BCUT2D eigenvalue weighted by molar-refractivity contribution is 6.08. The molecule has 0 fully saturated rings. The summed E-state index contributed by atoms with van der Waals surface area (Å²) in [6.07, 6.45) is 4.24. The number of anilines is 2. The molecule has 0 atom stereocenters. The number of hydrogen-bond donors (Lipinski definition) is 0. The molecule has 0 unspecified atom stereocenters. The highest BCUT2D eigenvalue weighted by atomic mass is 16.3. The van der Waals surface area contributed by atoms with E-state index in [0.29, 0.717) is 5.71 Å². The van der Waals surface area contributed by atoms with E-state index in [1.807, 2.05) is 25.1 Å². The minimum atomic E-state index is 0.660. The fourth-order valence-corrected chi connectivity index (χ4v) is 5.01. The molecule has 3 aromatic carbocycles. The van der Waals surface area contributed by atoms with Crippen molar-refractivity contribution in [1.29, 1.82) is 0 Å². The first kappa shape index (κ1) is 21.4. The van der Waals surface area contributed by atoms with E-state index >= 15 is 0 Å². The number of benzene rings is 3. The number of furan rings is 1. The fourth-order valence-electron chi connectivity index (χ4n) is 5.01. The first-order valence-corrected chi connectivity index (χ1v) is 12.4. The number of aryl methyl sites for hydroxylation is 1. The minimum absolute atomic E-state index is 0.660. The Morgan fingerprint density at radius 1 is 0.622 bits per heavy atom. The maximum absolute atomic E-state index is 6.25. The van der Waals surface area contributed by atoms with Gasteiger partial charge in [0.15, 0.2) is 0 Å². The molecule has 0 aliphatic carbocycles. The molecule has 0 bridgehead atoms. The lowest BCUT2D eigenvalue weighted by Gasteiger charge is -2.23. The molecule has 0 saturated heterocycles. The molecule has 0 N–H and O–H groups in total. The third-order valence-electron chi connectivity index (χ3n) is 6.84. The maximum atomic E-state index is 6.25. The van der Waals surface area contributed by atoms with E-state index in [-0.39, 0.29) is 0 Å². The number of rotatable bonds is 4. The molecule has 1 aliphatic heterocycles. The Balaban J connectivity index is 1.28. The molecule has 5 nitrogen and oxygen atoms in total. The van der Waals surface area contributed by atoms with Gasteiger partial charge in [0, 0.05) is 45.7 Å². The van der Waals surface area contributed by atoms with Crippen molar-refractivity contribution in [2.45, 2.75) is 6.92 Å². The summed E-state index contributed by atoms with van der Waals surface area (Å²) in [5.74, 6) is 0. The lowest BCUT2D eigenvalue weighted by atomic mass is 10.0. The average molecular weight is 481 g/mol. The molecule has 37 heavy (non-hydrogen) atoms. The Bertz CT molecular complexity index is 1790. The fraction of sp³-hybridized carbons (Fsp3) is 0.0625. The summed E-state index contributed by atoms with van der Waals surface area (Å²) in [6, 6.07) is 35.3. The van der Waals surface area contributed by atoms with Gasteiger partial charge in [0.2, 0.25) is 5.71 Å². The van der Waals surface area contributed by atoms with Crippen LogP contribution < -0.4 is 9.80 Å². The number of hydrogen-bond acceptors (Lipinski definition) is 5. The Hall–Kier alpha value is -4.90. The zero-order valence-corrected chi connectivity index (χ0v) is 20.4. The first-order chi connectivity index (χ1) is 18.2. The summed E-state index contributed by atoms with van der Waals surface area (Å²) in [4.78, 5) is 14.2. The van der Waals surface area contributed by atoms with Gasteiger partial charge < -0.3 is 14.2 Å². The van der Waals surface area contributed by atoms with Crippen molar-refractivity contribution in [3.63, 3.8) is 0 Å². The number of fused-ring (bicyclic) bond motifs is 3. The topological polar surface area (TPSA) is 45.4 Å². The van der Waals surface area contributed by atoms with E-state index in [1.54, 1.807) is 0 Å². The largest absolute Gasteiger partial charge is 0.437 e. The monoisotopic (exact) mass is 480 g/mol. The van der Waals surface area contributed by atoms with E-state index in [0.717, 1.165) is 56.9 Å². The molecule has 0 amide bonds. The molecule has 4 heterocycles. The van der Waals surface area contributed by atoms with E-state index in [4.69, 9.17) is 9.40 Å². The number of pyridine rings is 2. The molecule has 0 spiro atoms. The van der Waals surface area contributed by atoms with Crippen LogP contribution >= 0.6 is 0 Å². The molecular weight excluding hydrogens is 456 g/mol. The Labute approximate surface area is 214 Å². The first-order valence-electron chi connectivity index (χ1n) is 12.4. The number of aromatic nitrogens is 2. The van der Waals surface area contributed by atoms with E-state index in [9.17, 15) is 0 Å². The minimum Gasteiger partial charge on any atom is -0.437 e. The molecule has 1 aliphatic rings. The zero-order chi connectivity index (χ0) is 24.8. The van der Waals surface area contributed by atoms with Crippen molar-refractivity contribution in [2.24, 2.45) is 0 Å². The van der Waals surface area contributed by atoms with Gasteiger partial charge in [0.05, 0.1) is 23.7 Å². The van der Waals surface area contributed by atoms with E-state index < -0.39 is 0 Å². The van der Waals surface area contributed by atoms with Gasteiger partial charge in [0.1, 0.15) is 5.58 Å². The van der Waals surface area contributed by atoms with Crippen LogP contribution in [0.1, 0.15) is 5.69 Å². The summed E-state index contributed by atoms with van der Waals surface area (Å²) in [5.41, 5.74) is 8.53. The van der Waals surface area contributed by atoms with Crippen LogP contribution in [0.3, 0.4) is 0 Å². The van der Waals surface area contributed by atoms with Gasteiger partial charge in [-0.1, -0.05) is 54.6 Å². The molecule has 7 rings (SSSR count). The van der Waals surface area contributed by atoms with Gasteiger partial charge in [-0.3, -0.25) is 0 Å². The van der Waals surface area contributed by atoms with Gasteiger partial charge in [-0.05, 0) is 55.5 Å². The maximum Gasteiger partial charge on any atom is 0.227 e. The van der Waals surface area contributed by atoms with Gasteiger partial charge in [-0.25, -0.2) is 9.97 Å². The van der Waals surface area contributed by atoms with Crippen molar-refractivity contribution in [2.75, 3.05) is 16.5 Å². The van der Waals surface area contributed by atoms with Crippen molar-refractivity contribution >= 4 is 33.4 Å². The SMILES string of the molecule is Cc1ccc2c(n1)oc1c(-c3cccc(-c4ccccc4N4C=CN(c5ccccc5)C4)n3)cccc12. The van der Waals surface area contributed by atoms with E-state index in [2.05, 4.69) is 112 Å². The summed E-state index contributed by atoms with van der Waals surface area (Å²) < 4.78 is 6.25. The van der Waals surface area contributed by atoms with Crippen LogP contribution in [0, 0.1) is 6.92 Å². The van der Waals surface area contributed by atoms with Crippen LogP contribution in [0.4, 0.5) is 11.4 Å². The van der Waals surface area contributed by atoms with Crippen LogP contribution in [0.25, 0.3) is 44.6 Å². The predicted molar refractivity (Wildman–Crippen MR) is 150 cm³/mol. The van der Waals surface area contributed by atoms with Crippen LogP contribution in [-0.2, 0) is 0 Å². The third-order valence-corrected chi connectivity index (χ3v) is 6.84. The smallest absolute Gasteiger partial charge is 0.227 e. The Morgan fingerprint density at radius 3 is 2.24 bits per heavy atom. The number of nitrogens with zero attached hydrogens (tertiary/aromatic N) is 4. The van der Waals surface area contributed by atoms with Crippen molar-refractivity contribution < 1.29 is 4.42 Å². The van der Waals surface area contributed by atoms with Gasteiger partial charge in [-0.15, -0.1) is 0 Å². The van der Waals surface area contributed by atoms with Crippen LogP contribution in [0.2, 0.25) is 0 Å². The second kappa shape index (κ2) is 8.64. The van der Waals surface area contributed by atoms with Gasteiger partial charge in [-0.2, -0.15) is 0 Å². The lowest BCUT2D eigenvalue weighted by Crippen LogP contribution is -2.24. The van der Waals surface area contributed by atoms with Crippen LogP contribution in [0.15, 0.2) is 120 Å². The van der Waals surface area contributed by atoms with Crippen LogP contribution in [0.5, 0.6) is 0 Å². The van der Waals surface area contributed by atoms with Gasteiger partial charge in [0.25, 0.3) is 0 Å². The van der Waals surface area contributed by atoms with Crippen molar-refractivity contribution in [3.05, 3.63) is 121 Å². The molecular formula is C32H24N4O. The van der Waals surface area contributed by atoms with Gasteiger partial charge >= 0.3 is 0 Å². The molecule has 6 aromatic rings. The number of para-hydroxylation sites is 3.